The molecule has 0 rings (SSSR count). The van der Waals surface area contributed by atoms with Gasteiger partial charge in [-0.3, -0.25) is 14.4 Å². The van der Waals surface area contributed by atoms with Crippen LogP contribution in [0.15, 0.2) is 158 Å². The van der Waals surface area contributed by atoms with Crippen LogP contribution in [0.1, 0.15) is 188 Å². The Morgan fingerprint density at radius 3 is 0.970 bits per heavy atom. The molecule has 0 bridgehead atoms. The van der Waals surface area contributed by atoms with Gasteiger partial charge < -0.3 is 14.2 Å². The van der Waals surface area contributed by atoms with E-state index in [9.17, 15) is 14.4 Å². The molecule has 0 saturated heterocycles. The largest absolute Gasteiger partial charge is 0.462 e. The van der Waals surface area contributed by atoms with Crippen LogP contribution in [0.3, 0.4) is 0 Å². The Bertz CT molecular complexity index is 1570. The summed E-state index contributed by atoms with van der Waals surface area (Å²) in [5.74, 6) is -1.06. The first-order chi connectivity index (χ1) is 33.0. The lowest BCUT2D eigenvalue weighted by Crippen LogP contribution is -2.30. The van der Waals surface area contributed by atoms with E-state index in [0.717, 1.165) is 103 Å². The highest BCUT2D eigenvalue weighted by molar-refractivity contribution is 5.71. The molecular formula is C61H92O6. The van der Waals surface area contributed by atoms with Crippen LogP contribution in [0.2, 0.25) is 0 Å². The molecule has 372 valence electrons. The molecule has 0 fully saturated rings. The van der Waals surface area contributed by atoms with Crippen molar-refractivity contribution in [3.8, 4) is 0 Å². The highest BCUT2D eigenvalue weighted by atomic mass is 16.6. The van der Waals surface area contributed by atoms with Crippen molar-refractivity contribution in [3.63, 3.8) is 0 Å². The van der Waals surface area contributed by atoms with Crippen molar-refractivity contribution in [1.29, 1.82) is 0 Å². The highest BCUT2D eigenvalue weighted by Gasteiger charge is 2.19. The summed E-state index contributed by atoms with van der Waals surface area (Å²) < 4.78 is 16.7. The topological polar surface area (TPSA) is 78.9 Å². The van der Waals surface area contributed by atoms with Crippen molar-refractivity contribution < 1.29 is 28.6 Å². The van der Waals surface area contributed by atoms with Crippen LogP contribution in [0.25, 0.3) is 0 Å². The van der Waals surface area contributed by atoms with Gasteiger partial charge in [0.25, 0.3) is 0 Å². The Morgan fingerprint density at radius 2 is 0.597 bits per heavy atom. The minimum Gasteiger partial charge on any atom is -0.462 e. The number of rotatable bonds is 44. The van der Waals surface area contributed by atoms with Crippen LogP contribution in [-0.4, -0.2) is 37.2 Å². The van der Waals surface area contributed by atoms with E-state index in [0.29, 0.717) is 12.8 Å². The Hall–Kier alpha value is -4.97. The van der Waals surface area contributed by atoms with Gasteiger partial charge in [-0.15, -0.1) is 0 Å². The molecule has 0 aromatic rings. The zero-order valence-electron chi connectivity index (χ0n) is 42.3. The number of hydrogen-bond acceptors (Lipinski definition) is 6. The van der Waals surface area contributed by atoms with E-state index in [1.165, 1.54) is 38.5 Å². The minimum absolute atomic E-state index is 0.131. The lowest BCUT2D eigenvalue weighted by molar-refractivity contribution is -0.167. The van der Waals surface area contributed by atoms with Crippen molar-refractivity contribution in [2.75, 3.05) is 13.2 Å². The van der Waals surface area contributed by atoms with Gasteiger partial charge >= 0.3 is 17.9 Å². The van der Waals surface area contributed by atoms with E-state index >= 15 is 0 Å². The summed E-state index contributed by atoms with van der Waals surface area (Å²) in [6, 6.07) is 0. The van der Waals surface area contributed by atoms with Crippen molar-refractivity contribution >= 4 is 17.9 Å². The van der Waals surface area contributed by atoms with Crippen LogP contribution in [0, 0.1) is 0 Å². The maximum Gasteiger partial charge on any atom is 0.306 e. The molecule has 0 N–H and O–H groups in total. The first-order valence-corrected chi connectivity index (χ1v) is 26.2. The van der Waals surface area contributed by atoms with E-state index in [1.54, 1.807) is 0 Å². The fourth-order valence-corrected chi connectivity index (χ4v) is 6.38. The van der Waals surface area contributed by atoms with Crippen LogP contribution in [0.4, 0.5) is 0 Å². The third kappa shape index (κ3) is 51.9. The average molecular weight is 921 g/mol. The molecule has 6 nitrogen and oxygen atoms in total. The van der Waals surface area contributed by atoms with Gasteiger partial charge in [0.05, 0.1) is 0 Å². The van der Waals surface area contributed by atoms with Gasteiger partial charge in [-0.05, 0) is 83.5 Å². The molecular weight excluding hydrogens is 829 g/mol. The highest BCUT2D eigenvalue weighted by Crippen LogP contribution is 2.12. The predicted octanol–water partition coefficient (Wildman–Crippen LogP) is 17.4. The standard InChI is InChI=1S/C61H92O6/c1-4-7-10-13-16-19-22-25-27-29-31-33-36-39-42-45-48-51-54-60(63)66-57-58(56-65-59(62)53-50-47-44-41-38-35-24-21-18-15-12-9-6-3)67-61(64)55-52-49-46-43-40-37-34-32-30-28-26-23-20-17-14-11-8-5-2/h9,12,15-35,38,41,44,58H,4-8,10-11,13-14,36-37,39-40,42-43,45-57H2,1-3H3/b12-9+,18-15+,19-16+,20-17+,24-21+,25-22+,26-23+,29-27+,30-28+,33-31+,34-32+,38-35+,44-41+. The molecule has 0 aromatic heterocycles. The van der Waals surface area contributed by atoms with Gasteiger partial charge in [-0.25, -0.2) is 0 Å². The minimum atomic E-state index is -0.838. The van der Waals surface area contributed by atoms with Gasteiger partial charge in [0, 0.05) is 19.3 Å². The van der Waals surface area contributed by atoms with Gasteiger partial charge in [-0.2, -0.15) is 0 Å². The maximum atomic E-state index is 12.8. The summed E-state index contributed by atoms with van der Waals surface area (Å²) in [7, 11) is 0. The van der Waals surface area contributed by atoms with Crippen LogP contribution >= 0.6 is 0 Å². The molecule has 0 aliphatic heterocycles. The molecule has 0 saturated carbocycles. The van der Waals surface area contributed by atoms with Crippen LogP contribution < -0.4 is 0 Å². The first-order valence-electron chi connectivity index (χ1n) is 26.2. The summed E-state index contributed by atoms with van der Waals surface area (Å²) in [6.45, 7) is 6.28. The lowest BCUT2D eigenvalue weighted by atomic mass is 10.1. The number of esters is 3. The fraction of sp³-hybridized carbons (Fsp3) is 0.525. The Balaban J connectivity index is 4.62. The summed E-state index contributed by atoms with van der Waals surface area (Å²) in [6.07, 6.45) is 77.9. The first kappa shape index (κ1) is 62.0. The maximum absolute atomic E-state index is 12.8. The summed E-state index contributed by atoms with van der Waals surface area (Å²) in [5, 5.41) is 0. The normalized spacial score (nSPS) is 13.4. The SMILES string of the molecule is CC/C=C/C=C/C=C/C=C/C=C/CCCC(=O)OCC(COC(=O)CCCCCCC/C=C/C=C/C=C/C=C/CCCCC)OC(=O)CCCCCCC/C=C/C=C/C=C/C=C/CCCCC. The van der Waals surface area contributed by atoms with Crippen molar-refractivity contribution in [2.45, 2.75) is 194 Å². The molecule has 0 spiro atoms. The predicted molar refractivity (Wildman–Crippen MR) is 288 cm³/mol. The molecule has 0 aromatic carbocycles. The number of carbonyl (C=O) groups is 3. The van der Waals surface area contributed by atoms with Gasteiger partial charge in [0.2, 0.25) is 0 Å². The molecule has 0 aliphatic carbocycles. The third-order valence-corrected chi connectivity index (χ3v) is 10.3. The monoisotopic (exact) mass is 921 g/mol. The number of carbonyl (C=O) groups excluding carboxylic acids is 3. The van der Waals surface area contributed by atoms with E-state index < -0.39 is 6.10 Å². The van der Waals surface area contributed by atoms with Crippen molar-refractivity contribution in [3.05, 3.63) is 158 Å². The molecule has 67 heavy (non-hydrogen) atoms. The average Bonchev–Trinajstić information content (AvgIpc) is 3.33. The van der Waals surface area contributed by atoms with Crippen molar-refractivity contribution in [1.82, 2.24) is 0 Å². The smallest absolute Gasteiger partial charge is 0.306 e. The summed E-state index contributed by atoms with van der Waals surface area (Å²) in [5.41, 5.74) is 0. The Morgan fingerprint density at radius 1 is 0.313 bits per heavy atom. The third-order valence-electron chi connectivity index (χ3n) is 10.3. The summed E-state index contributed by atoms with van der Waals surface area (Å²) >= 11 is 0. The molecule has 0 amide bonds. The zero-order chi connectivity index (χ0) is 48.6. The van der Waals surface area contributed by atoms with Crippen molar-refractivity contribution in [2.24, 2.45) is 0 Å². The Labute approximate surface area is 409 Å². The van der Waals surface area contributed by atoms with E-state index in [-0.39, 0.29) is 44.0 Å². The molecule has 0 radical (unpaired) electrons. The molecule has 1 atom stereocenters. The summed E-state index contributed by atoms with van der Waals surface area (Å²) in [4.78, 5) is 38.0. The van der Waals surface area contributed by atoms with E-state index in [2.05, 4.69) is 124 Å². The van der Waals surface area contributed by atoms with Gasteiger partial charge in [-0.1, -0.05) is 243 Å². The number of hydrogen-bond donors (Lipinski definition) is 0. The molecule has 6 heteroatoms. The molecule has 0 heterocycles. The second-order valence-corrected chi connectivity index (χ2v) is 16.6. The fourth-order valence-electron chi connectivity index (χ4n) is 6.38. The van der Waals surface area contributed by atoms with Gasteiger partial charge in [0.15, 0.2) is 6.10 Å². The van der Waals surface area contributed by atoms with Crippen LogP contribution in [-0.2, 0) is 28.6 Å². The lowest BCUT2D eigenvalue weighted by Gasteiger charge is -2.18. The van der Waals surface area contributed by atoms with E-state index in [1.807, 2.05) is 54.7 Å². The Kier molecular flexibility index (Phi) is 49.7. The zero-order valence-corrected chi connectivity index (χ0v) is 42.3. The second kappa shape index (κ2) is 53.6. The number of ether oxygens (including phenoxy) is 3. The molecule has 0 aliphatic rings. The number of allylic oxidation sites excluding steroid dienone is 26. The van der Waals surface area contributed by atoms with Gasteiger partial charge in [0.1, 0.15) is 13.2 Å². The van der Waals surface area contributed by atoms with E-state index in [4.69, 9.17) is 14.2 Å². The molecule has 1 unspecified atom stereocenters. The number of unbranched alkanes of at least 4 members (excludes halogenated alkanes) is 17. The second-order valence-electron chi connectivity index (χ2n) is 16.6. The van der Waals surface area contributed by atoms with Crippen LogP contribution in [0.5, 0.6) is 0 Å². The quantitative estimate of drug-likeness (QED) is 0.0262.